The molecule has 0 aromatic heterocycles. The minimum Gasteiger partial charge on any atom is -0.313 e. The third kappa shape index (κ3) is 5.68. The average molecular weight is 255 g/mol. The molecule has 2 unspecified atom stereocenters. The Morgan fingerprint density at radius 2 is 2.17 bits per heavy atom. The van der Waals surface area contributed by atoms with Crippen LogP contribution in [0.4, 0.5) is 0 Å². The molecule has 0 amide bonds. The molecule has 0 bridgehead atoms. The summed E-state index contributed by atoms with van der Waals surface area (Å²) in [7, 11) is 2.25. The lowest BCUT2D eigenvalue weighted by molar-refractivity contribution is 0.155. The van der Waals surface area contributed by atoms with Gasteiger partial charge in [-0.2, -0.15) is 0 Å². The zero-order chi connectivity index (χ0) is 13.4. The first-order valence-corrected chi connectivity index (χ1v) is 7.83. The summed E-state index contributed by atoms with van der Waals surface area (Å²) in [6, 6.07) is 1.44. The highest BCUT2D eigenvalue weighted by Gasteiger charge is 2.19. The second-order valence-corrected chi connectivity index (χ2v) is 5.83. The summed E-state index contributed by atoms with van der Waals surface area (Å²) in [5.74, 6) is 0. The maximum absolute atomic E-state index is 3.67. The van der Waals surface area contributed by atoms with E-state index in [2.05, 4.69) is 42.9 Å². The highest BCUT2D eigenvalue weighted by Crippen LogP contribution is 2.10. The van der Waals surface area contributed by atoms with Crippen LogP contribution in [-0.4, -0.2) is 61.7 Å². The Morgan fingerprint density at radius 1 is 1.39 bits per heavy atom. The van der Waals surface area contributed by atoms with Crippen LogP contribution in [0.5, 0.6) is 0 Å². The number of likely N-dealkylation sites (N-methyl/N-ethyl adjacent to an activating group) is 1. The van der Waals surface area contributed by atoms with E-state index < -0.39 is 0 Å². The molecule has 0 saturated carbocycles. The maximum atomic E-state index is 3.67. The molecule has 108 valence electrons. The SMILES string of the molecule is CCCNC1CCCN(CCN(C)C(C)CC)C1. The van der Waals surface area contributed by atoms with Crippen LogP contribution in [0, 0.1) is 0 Å². The van der Waals surface area contributed by atoms with E-state index >= 15 is 0 Å². The fourth-order valence-electron chi connectivity index (χ4n) is 2.60. The van der Waals surface area contributed by atoms with Crippen LogP contribution in [0.15, 0.2) is 0 Å². The molecule has 1 saturated heterocycles. The van der Waals surface area contributed by atoms with Crippen LogP contribution < -0.4 is 5.32 Å². The lowest BCUT2D eigenvalue weighted by atomic mass is 10.1. The molecular weight excluding hydrogens is 222 g/mol. The van der Waals surface area contributed by atoms with Crippen molar-refractivity contribution in [2.45, 2.75) is 58.5 Å². The Labute approximate surface area is 114 Å². The van der Waals surface area contributed by atoms with Gasteiger partial charge in [0.15, 0.2) is 0 Å². The van der Waals surface area contributed by atoms with Crippen LogP contribution in [0.2, 0.25) is 0 Å². The van der Waals surface area contributed by atoms with Gasteiger partial charge in [-0.1, -0.05) is 13.8 Å². The monoisotopic (exact) mass is 255 g/mol. The lowest BCUT2D eigenvalue weighted by Crippen LogP contribution is -2.48. The summed E-state index contributed by atoms with van der Waals surface area (Å²) < 4.78 is 0. The van der Waals surface area contributed by atoms with Gasteiger partial charge in [0.05, 0.1) is 0 Å². The molecule has 18 heavy (non-hydrogen) atoms. The first-order chi connectivity index (χ1) is 8.67. The molecule has 3 heteroatoms. The average Bonchev–Trinajstić information content (AvgIpc) is 2.42. The van der Waals surface area contributed by atoms with Crippen molar-refractivity contribution >= 4 is 0 Å². The summed E-state index contributed by atoms with van der Waals surface area (Å²) in [5, 5.41) is 3.67. The van der Waals surface area contributed by atoms with Crippen molar-refractivity contribution < 1.29 is 0 Å². The zero-order valence-corrected chi connectivity index (χ0v) is 12.9. The molecule has 1 aliphatic rings. The molecular formula is C15H33N3. The maximum Gasteiger partial charge on any atom is 0.0195 e. The predicted octanol–water partition coefficient (Wildman–Crippen LogP) is 2.18. The van der Waals surface area contributed by atoms with Gasteiger partial charge in [0, 0.05) is 31.7 Å². The second-order valence-electron chi connectivity index (χ2n) is 5.83. The lowest BCUT2D eigenvalue weighted by Gasteiger charge is -2.35. The minimum atomic E-state index is 0.712. The fraction of sp³-hybridized carbons (Fsp3) is 1.00. The molecule has 0 radical (unpaired) electrons. The van der Waals surface area contributed by atoms with E-state index in [1.807, 2.05) is 0 Å². The zero-order valence-electron chi connectivity index (χ0n) is 12.9. The topological polar surface area (TPSA) is 18.5 Å². The highest BCUT2D eigenvalue weighted by atomic mass is 15.2. The molecule has 2 atom stereocenters. The van der Waals surface area contributed by atoms with Gasteiger partial charge in [-0.25, -0.2) is 0 Å². The number of piperidine rings is 1. The molecule has 1 fully saturated rings. The van der Waals surface area contributed by atoms with Gasteiger partial charge in [0.1, 0.15) is 0 Å². The first-order valence-electron chi connectivity index (χ1n) is 7.83. The molecule has 1 N–H and O–H groups in total. The van der Waals surface area contributed by atoms with Gasteiger partial charge in [0.25, 0.3) is 0 Å². The predicted molar refractivity (Wildman–Crippen MR) is 80.1 cm³/mol. The van der Waals surface area contributed by atoms with E-state index in [1.54, 1.807) is 0 Å². The molecule has 0 aliphatic carbocycles. The van der Waals surface area contributed by atoms with Gasteiger partial charge < -0.3 is 15.1 Å². The van der Waals surface area contributed by atoms with E-state index in [-0.39, 0.29) is 0 Å². The Kier molecular flexibility index (Phi) is 7.87. The van der Waals surface area contributed by atoms with Crippen molar-refractivity contribution in [1.29, 1.82) is 0 Å². The summed E-state index contributed by atoms with van der Waals surface area (Å²) in [6.45, 7) is 13.0. The van der Waals surface area contributed by atoms with Crippen molar-refractivity contribution in [3.05, 3.63) is 0 Å². The third-order valence-corrected chi connectivity index (χ3v) is 4.30. The fourth-order valence-corrected chi connectivity index (χ4v) is 2.60. The van der Waals surface area contributed by atoms with E-state index in [9.17, 15) is 0 Å². The second kappa shape index (κ2) is 8.89. The van der Waals surface area contributed by atoms with Crippen LogP contribution in [0.1, 0.15) is 46.5 Å². The Bertz CT molecular complexity index is 208. The molecule has 0 spiro atoms. The number of rotatable bonds is 8. The van der Waals surface area contributed by atoms with E-state index in [4.69, 9.17) is 0 Å². The highest BCUT2D eigenvalue weighted by molar-refractivity contribution is 4.78. The molecule has 3 nitrogen and oxygen atoms in total. The van der Waals surface area contributed by atoms with E-state index in [0.717, 1.165) is 6.04 Å². The van der Waals surface area contributed by atoms with Gasteiger partial charge in [-0.05, 0) is 52.7 Å². The smallest absolute Gasteiger partial charge is 0.0195 e. The third-order valence-electron chi connectivity index (χ3n) is 4.30. The molecule has 0 aromatic rings. The number of nitrogens with zero attached hydrogens (tertiary/aromatic N) is 2. The first kappa shape index (κ1) is 15.9. The van der Waals surface area contributed by atoms with Crippen LogP contribution >= 0.6 is 0 Å². The van der Waals surface area contributed by atoms with Gasteiger partial charge in [-0.15, -0.1) is 0 Å². The van der Waals surface area contributed by atoms with E-state index in [0.29, 0.717) is 6.04 Å². The number of hydrogen-bond acceptors (Lipinski definition) is 3. The minimum absolute atomic E-state index is 0.712. The van der Waals surface area contributed by atoms with Crippen LogP contribution in [-0.2, 0) is 0 Å². The van der Waals surface area contributed by atoms with E-state index in [1.165, 1.54) is 58.4 Å². The quantitative estimate of drug-likeness (QED) is 0.717. The number of nitrogens with one attached hydrogen (secondary N) is 1. The Balaban J connectivity index is 2.21. The van der Waals surface area contributed by atoms with Crippen molar-refractivity contribution in [2.24, 2.45) is 0 Å². The van der Waals surface area contributed by atoms with Crippen molar-refractivity contribution in [3.63, 3.8) is 0 Å². The van der Waals surface area contributed by atoms with Crippen molar-refractivity contribution in [2.75, 3.05) is 39.8 Å². The number of hydrogen-bond donors (Lipinski definition) is 1. The van der Waals surface area contributed by atoms with Crippen molar-refractivity contribution in [3.8, 4) is 0 Å². The van der Waals surface area contributed by atoms with Gasteiger partial charge >= 0.3 is 0 Å². The number of likely N-dealkylation sites (tertiary alicyclic amines) is 1. The van der Waals surface area contributed by atoms with Gasteiger partial charge in [-0.3, -0.25) is 0 Å². The summed E-state index contributed by atoms with van der Waals surface area (Å²) in [4.78, 5) is 5.12. The van der Waals surface area contributed by atoms with Crippen LogP contribution in [0.25, 0.3) is 0 Å². The normalized spacial score (nSPS) is 23.5. The Hall–Kier alpha value is -0.120. The molecule has 1 heterocycles. The van der Waals surface area contributed by atoms with Crippen molar-refractivity contribution in [1.82, 2.24) is 15.1 Å². The summed E-state index contributed by atoms with van der Waals surface area (Å²) in [6.07, 6.45) is 5.20. The molecule has 0 aromatic carbocycles. The van der Waals surface area contributed by atoms with Crippen LogP contribution in [0.3, 0.4) is 0 Å². The summed E-state index contributed by atoms with van der Waals surface area (Å²) in [5.41, 5.74) is 0. The Morgan fingerprint density at radius 3 is 2.83 bits per heavy atom. The standard InChI is InChI=1S/C15H33N3/c1-5-9-16-15-8-7-10-18(13-15)12-11-17(4)14(3)6-2/h14-16H,5-13H2,1-4H3. The molecule has 1 aliphatic heterocycles. The summed E-state index contributed by atoms with van der Waals surface area (Å²) >= 11 is 0. The molecule has 1 rings (SSSR count). The largest absolute Gasteiger partial charge is 0.313 e. The van der Waals surface area contributed by atoms with Gasteiger partial charge in [0.2, 0.25) is 0 Å².